The molecule has 0 radical (unpaired) electrons. The number of nitrogens with zero attached hydrogens (tertiary/aromatic N) is 3. The number of alkyl halides is 2. The maximum Gasteiger partial charge on any atom is 0.319 e. The van der Waals surface area contributed by atoms with Crippen LogP contribution in [0.5, 0.6) is 0 Å². The molecule has 0 aromatic carbocycles. The van der Waals surface area contributed by atoms with Gasteiger partial charge in [-0.15, -0.1) is 0 Å². The van der Waals surface area contributed by atoms with Crippen molar-refractivity contribution in [1.29, 1.82) is 0 Å². The van der Waals surface area contributed by atoms with Crippen molar-refractivity contribution >= 4 is 0 Å². The van der Waals surface area contributed by atoms with Crippen LogP contribution in [0.1, 0.15) is 32.1 Å². The predicted octanol–water partition coefficient (Wildman–Crippen LogP) is 1.84. The Kier molecular flexibility index (Phi) is 4.29. The van der Waals surface area contributed by atoms with Crippen LogP contribution in [0.2, 0.25) is 0 Å². The van der Waals surface area contributed by atoms with Crippen LogP contribution in [0, 0.1) is 5.92 Å². The Labute approximate surface area is 106 Å². The smallest absolute Gasteiger partial charge is 0.319 e. The van der Waals surface area contributed by atoms with Crippen LogP contribution < -0.4 is 5.73 Å². The SMILES string of the molecule is CC1CCC(CN)CN1Cc1nccn1C(F)F. The summed E-state index contributed by atoms with van der Waals surface area (Å²) in [5, 5.41) is 0. The fraction of sp³-hybridized carbons (Fsp3) is 0.750. The molecule has 102 valence electrons. The summed E-state index contributed by atoms with van der Waals surface area (Å²) in [7, 11) is 0. The van der Waals surface area contributed by atoms with Gasteiger partial charge in [-0.05, 0) is 32.2 Å². The van der Waals surface area contributed by atoms with Gasteiger partial charge in [-0.3, -0.25) is 9.47 Å². The van der Waals surface area contributed by atoms with E-state index in [1.54, 1.807) is 0 Å². The third-order valence-electron chi connectivity index (χ3n) is 3.75. The lowest BCUT2D eigenvalue weighted by atomic mass is 9.93. The van der Waals surface area contributed by atoms with E-state index in [2.05, 4.69) is 16.8 Å². The maximum atomic E-state index is 12.7. The molecule has 1 aliphatic rings. The van der Waals surface area contributed by atoms with E-state index in [9.17, 15) is 8.78 Å². The minimum absolute atomic E-state index is 0.399. The van der Waals surface area contributed by atoms with Gasteiger partial charge < -0.3 is 5.73 Å². The average Bonchev–Trinajstić information content (AvgIpc) is 2.80. The molecule has 2 unspecified atom stereocenters. The quantitative estimate of drug-likeness (QED) is 0.896. The van der Waals surface area contributed by atoms with Gasteiger partial charge >= 0.3 is 6.55 Å². The molecule has 1 fully saturated rings. The molecule has 1 saturated heterocycles. The Morgan fingerprint density at radius 1 is 1.50 bits per heavy atom. The summed E-state index contributed by atoms with van der Waals surface area (Å²) in [4.78, 5) is 6.22. The first kappa shape index (κ1) is 13.4. The van der Waals surface area contributed by atoms with Gasteiger partial charge in [-0.2, -0.15) is 8.78 Å². The predicted molar refractivity (Wildman–Crippen MR) is 65.1 cm³/mol. The summed E-state index contributed by atoms with van der Waals surface area (Å²) >= 11 is 0. The number of halogens is 2. The molecule has 0 aliphatic carbocycles. The molecular formula is C12H20F2N4. The van der Waals surface area contributed by atoms with E-state index in [-0.39, 0.29) is 0 Å². The Morgan fingerprint density at radius 2 is 2.28 bits per heavy atom. The van der Waals surface area contributed by atoms with Crippen LogP contribution in [-0.2, 0) is 6.54 Å². The molecule has 2 N–H and O–H groups in total. The highest BCUT2D eigenvalue weighted by Crippen LogP contribution is 2.23. The first-order chi connectivity index (χ1) is 8.61. The summed E-state index contributed by atoms with van der Waals surface area (Å²) < 4.78 is 26.4. The summed E-state index contributed by atoms with van der Waals surface area (Å²) in [5.74, 6) is 0.894. The van der Waals surface area contributed by atoms with Crippen molar-refractivity contribution in [1.82, 2.24) is 14.5 Å². The summed E-state index contributed by atoms with van der Waals surface area (Å²) in [6.07, 6.45) is 4.94. The Bertz CT molecular complexity index is 380. The van der Waals surface area contributed by atoms with E-state index in [4.69, 9.17) is 5.73 Å². The Balaban J connectivity index is 2.05. The normalized spacial score (nSPS) is 25.8. The van der Waals surface area contributed by atoms with Crippen LogP contribution >= 0.6 is 0 Å². The molecule has 1 aliphatic heterocycles. The standard InChI is InChI=1S/C12H20F2N4/c1-9-2-3-10(6-15)7-17(9)8-11-16-4-5-18(11)12(13)14/h4-5,9-10,12H,2-3,6-8,15H2,1H3. The first-order valence-electron chi connectivity index (χ1n) is 6.35. The summed E-state index contributed by atoms with van der Waals surface area (Å²) in [6.45, 7) is 1.60. The van der Waals surface area contributed by atoms with Crippen molar-refractivity contribution in [3.05, 3.63) is 18.2 Å². The van der Waals surface area contributed by atoms with Gasteiger partial charge in [-0.25, -0.2) is 4.98 Å². The van der Waals surface area contributed by atoms with Crippen molar-refractivity contribution in [2.24, 2.45) is 11.7 Å². The van der Waals surface area contributed by atoms with Crippen LogP contribution in [-0.4, -0.2) is 33.6 Å². The highest BCUT2D eigenvalue weighted by Gasteiger charge is 2.26. The zero-order valence-electron chi connectivity index (χ0n) is 10.6. The third kappa shape index (κ3) is 2.87. The fourth-order valence-electron chi connectivity index (χ4n) is 2.50. The highest BCUT2D eigenvalue weighted by molar-refractivity contribution is 4.94. The minimum Gasteiger partial charge on any atom is -0.330 e. The van der Waals surface area contributed by atoms with Gasteiger partial charge in [0.15, 0.2) is 0 Å². The molecule has 0 amide bonds. The van der Waals surface area contributed by atoms with Crippen LogP contribution in [0.3, 0.4) is 0 Å². The molecule has 1 aromatic heterocycles. The van der Waals surface area contributed by atoms with E-state index in [1.807, 2.05) is 0 Å². The van der Waals surface area contributed by atoms with Crippen LogP contribution in [0.25, 0.3) is 0 Å². The number of imidazole rings is 1. The zero-order chi connectivity index (χ0) is 13.1. The Morgan fingerprint density at radius 3 is 2.94 bits per heavy atom. The second-order valence-corrected chi connectivity index (χ2v) is 4.99. The minimum atomic E-state index is -2.52. The number of rotatable bonds is 4. The van der Waals surface area contributed by atoms with E-state index in [1.165, 1.54) is 12.4 Å². The summed E-state index contributed by atoms with van der Waals surface area (Å²) in [5.41, 5.74) is 5.69. The number of hydrogen-bond donors (Lipinski definition) is 1. The molecule has 6 heteroatoms. The lowest BCUT2D eigenvalue weighted by Gasteiger charge is -2.37. The largest absolute Gasteiger partial charge is 0.330 e. The fourth-order valence-corrected chi connectivity index (χ4v) is 2.50. The second kappa shape index (κ2) is 5.75. The van der Waals surface area contributed by atoms with Crippen molar-refractivity contribution in [3.8, 4) is 0 Å². The van der Waals surface area contributed by atoms with Crippen molar-refractivity contribution < 1.29 is 8.78 Å². The molecule has 1 aromatic rings. The van der Waals surface area contributed by atoms with E-state index in [0.29, 0.717) is 30.9 Å². The molecule has 2 atom stereocenters. The van der Waals surface area contributed by atoms with Gasteiger partial charge in [0.2, 0.25) is 0 Å². The molecule has 0 saturated carbocycles. The number of aromatic nitrogens is 2. The molecule has 0 bridgehead atoms. The van der Waals surface area contributed by atoms with Gasteiger partial charge in [-0.1, -0.05) is 0 Å². The maximum absolute atomic E-state index is 12.7. The first-order valence-corrected chi connectivity index (χ1v) is 6.35. The van der Waals surface area contributed by atoms with Gasteiger partial charge in [0.1, 0.15) is 5.82 Å². The highest BCUT2D eigenvalue weighted by atomic mass is 19.3. The van der Waals surface area contributed by atoms with Crippen molar-refractivity contribution in [2.75, 3.05) is 13.1 Å². The number of nitrogens with two attached hydrogens (primary N) is 1. The number of likely N-dealkylation sites (tertiary alicyclic amines) is 1. The van der Waals surface area contributed by atoms with Gasteiger partial charge in [0, 0.05) is 25.0 Å². The number of piperidine rings is 1. The number of hydrogen-bond acceptors (Lipinski definition) is 3. The molecule has 2 heterocycles. The van der Waals surface area contributed by atoms with Crippen LogP contribution in [0.15, 0.2) is 12.4 Å². The topological polar surface area (TPSA) is 47.1 Å². The molecule has 0 spiro atoms. The molecular weight excluding hydrogens is 238 g/mol. The molecule has 4 nitrogen and oxygen atoms in total. The Hall–Kier alpha value is -1.01. The lowest BCUT2D eigenvalue weighted by Crippen LogP contribution is -2.43. The molecule has 18 heavy (non-hydrogen) atoms. The van der Waals surface area contributed by atoms with E-state index in [0.717, 1.165) is 24.0 Å². The average molecular weight is 258 g/mol. The molecule has 2 rings (SSSR count). The third-order valence-corrected chi connectivity index (χ3v) is 3.75. The zero-order valence-corrected chi connectivity index (χ0v) is 10.6. The van der Waals surface area contributed by atoms with Gasteiger partial charge in [0.05, 0.1) is 6.54 Å². The van der Waals surface area contributed by atoms with Crippen LogP contribution in [0.4, 0.5) is 8.78 Å². The van der Waals surface area contributed by atoms with Gasteiger partial charge in [0.25, 0.3) is 0 Å². The second-order valence-electron chi connectivity index (χ2n) is 4.99. The van der Waals surface area contributed by atoms with E-state index >= 15 is 0 Å². The van der Waals surface area contributed by atoms with Crippen molar-refractivity contribution in [2.45, 2.75) is 38.9 Å². The monoisotopic (exact) mass is 258 g/mol. The lowest BCUT2D eigenvalue weighted by molar-refractivity contribution is 0.0571. The summed E-state index contributed by atoms with van der Waals surface area (Å²) in [6, 6.07) is 0.399. The van der Waals surface area contributed by atoms with E-state index < -0.39 is 6.55 Å². The van der Waals surface area contributed by atoms with Crippen molar-refractivity contribution in [3.63, 3.8) is 0 Å².